The van der Waals surface area contributed by atoms with Gasteiger partial charge in [0.15, 0.2) is 0 Å². The van der Waals surface area contributed by atoms with Crippen LogP contribution in [0.25, 0.3) is 0 Å². The fraction of sp³-hybridized carbons (Fsp3) is 0.701. The first-order chi connectivity index (χ1) is 41.2. The Hall–Kier alpha value is -2.04. The van der Waals surface area contributed by atoms with Gasteiger partial charge in [-0.25, -0.2) is 16.8 Å². The van der Waals surface area contributed by atoms with Crippen LogP contribution in [0.2, 0.25) is 0 Å². The Bertz CT molecular complexity index is 2800. The second-order valence-corrected chi connectivity index (χ2v) is 30.3. The van der Waals surface area contributed by atoms with Gasteiger partial charge in [-0.3, -0.25) is 19.4 Å². The first kappa shape index (κ1) is 80.4. The van der Waals surface area contributed by atoms with Crippen LogP contribution in [0.15, 0.2) is 70.5 Å². The van der Waals surface area contributed by atoms with Crippen LogP contribution < -0.4 is 0 Å². The van der Waals surface area contributed by atoms with Gasteiger partial charge in [-0.15, -0.1) is 62.0 Å². The summed E-state index contributed by atoms with van der Waals surface area (Å²) in [6, 6.07) is 20.8. The number of sulfonamides is 1. The highest BCUT2D eigenvalue weighted by atomic mass is 35.7. The molecule has 0 N–H and O–H groups in total. The van der Waals surface area contributed by atoms with E-state index in [4.69, 9.17) is 20.2 Å². The normalized spacial score (nSPS) is 21.7. The number of carbonyl (C=O) groups is 2. The summed E-state index contributed by atoms with van der Waals surface area (Å²) in [6.45, 7) is 13.7. The van der Waals surface area contributed by atoms with Crippen LogP contribution in [0.1, 0.15) is 149 Å². The quantitative estimate of drug-likeness (QED) is 0.150. The predicted octanol–water partition coefficient (Wildman–Crippen LogP) is 11.4. The minimum atomic E-state index is -3.59. The molecule has 1 saturated carbocycles. The van der Waals surface area contributed by atoms with E-state index in [0.717, 1.165) is 141 Å². The highest BCUT2D eigenvalue weighted by Gasteiger charge is 2.35. The summed E-state index contributed by atoms with van der Waals surface area (Å²) in [7, 11) is 2.51. The van der Waals surface area contributed by atoms with Gasteiger partial charge in [0.1, 0.15) is 13.2 Å². The number of piperazine rings is 2. The van der Waals surface area contributed by atoms with Crippen LogP contribution in [0.4, 0.5) is 0 Å². The van der Waals surface area contributed by atoms with Gasteiger partial charge in [0.05, 0.1) is 23.0 Å². The Morgan fingerprint density at radius 3 is 1.27 bits per heavy atom. The van der Waals surface area contributed by atoms with Crippen molar-refractivity contribution in [1.29, 1.82) is 0 Å². The molecule has 9 aliphatic rings. The van der Waals surface area contributed by atoms with E-state index in [1.165, 1.54) is 126 Å². The molecule has 0 spiro atoms. The SMILES string of the molecule is CN1CCC(N2CCN(C(=O)COCC3CCCCC3)CC2)CC1.CN1CCC(N2CCN(C(=O)COCC3CCCCN3S(=O)(=O)c3ccc4c(c3)CCCC4)CC2)CC1.Cl.Cl.Cl.Cl.Cl.O=S(=O)(Cl)c1ccc2c(c1)CCCC2.c1ccc2c(c1)CCCC2. The molecule has 1 atom stereocenters. The number of aryl methyl sites for hydroxylation is 6. The number of halogens is 6. The van der Waals surface area contributed by atoms with Gasteiger partial charge >= 0.3 is 0 Å². The minimum absolute atomic E-state index is 0. The van der Waals surface area contributed by atoms with Crippen LogP contribution in [0, 0.1) is 5.92 Å². The molecule has 12 rings (SSSR count). The smallest absolute Gasteiger partial charge is 0.261 e. The summed E-state index contributed by atoms with van der Waals surface area (Å²) in [4.78, 5) is 39.7. The van der Waals surface area contributed by atoms with E-state index in [-0.39, 0.29) is 105 Å². The Morgan fingerprint density at radius 1 is 0.433 bits per heavy atom. The van der Waals surface area contributed by atoms with Gasteiger partial charge in [-0.2, -0.15) is 4.31 Å². The Kier molecular flexibility index (Phi) is 36.2. The van der Waals surface area contributed by atoms with E-state index in [2.05, 4.69) is 58.0 Å². The number of amides is 2. The lowest BCUT2D eigenvalue weighted by molar-refractivity contribution is -0.139. The number of hydrogen-bond donors (Lipinski definition) is 0. The van der Waals surface area contributed by atoms with Gasteiger partial charge in [0.25, 0.3) is 9.05 Å². The molecule has 3 aromatic rings. The molecular weight excluding hydrogens is 1310 g/mol. The lowest BCUT2D eigenvalue weighted by Gasteiger charge is -2.42. The summed E-state index contributed by atoms with van der Waals surface area (Å²) in [6.07, 6.45) is 28.2. The monoisotopic (exact) mass is 1410 g/mol. The molecule has 4 aliphatic carbocycles. The molecule has 6 fully saturated rings. The summed E-state index contributed by atoms with van der Waals surface area (Å²) in [5, 5.41) is 0. The van der Waals surface area contributed by atoms with E-state index in [1.807, 2.05) is 28.0 Å². The van der Waals surface area contributed by atoms with Crippen molar-refractivity contribution in [1.82, 2.24) is 33.7 Å². The number of likely N-dealkylation sites (tertiary alicyclic amines) is 2. The first-order valence-electron chi connectivity index (χ1n) is 33.0. The summed E-state index contributed by atoms with van der Waals surface area (Å²) in [5.74, 6) is 0.893. The van der Waals surface area contributed by atoms with Gasteiger partial charge in [0, 0.05) is 87.7 Å². The molecule has 90 heavy (non-hydrogen) atoms. The van der Waals surface area contributed by atoms with Crippen molar-refractivity contribution < 1.29 is 35.9 Å². The van der Waals surface area contributed by atoms with Crippen LogP contribution in [0.3, 0.4) is 0 Å². The van der Waals surface area contributed by atoms with Crippen molar-refractivity contribution in [3.63, 3.8) is 0 Å². The van der Waals surface area contributed by atoms with Crippen molar-refractivity contribution >= 4 is 104 Å². The third-order valence-corrected chi connectivity index (χ3v) is 23.2. The zero-order chi connectivity index (χ0) is 59.6. The second kappa shape index (κ2) is 40.5. The van der Waals surface area contributed by atoms with Crippen LogP contribution in [-0.4, -0.2) is 206 Å². The zero-order valence-electron chi connectivity index (χ0n) is 53.7. The minimum Gasteiger partial charge on any atom is -0.371 e. The van der Waals surface area contributed by atoms with Crippen molar-refractivity contribution in [2.75, 3.05) is 126 Å². The molecule has 0 aromatic heterocycles. The maximum absolute atomic E-state index is 13.6. The van der Waals surface area contributed by atoms with E-state index in [1.54, 1.807) is 33.6 Å². The highest BCUT2D eigenvalue weighted by molar-refractivity contribution is 8.13. The molecular formula is C67H107Cl6N7O8S2. The molecule has 5 saturated heterocycles. The first-order valence-corrected chi connectivity index (χ1v) is 36.8. The Balaban J connectivity index is 0.000000279. The van der Waals surface area contributed by atoms with Gasteiger partial charge in [-0.05, 0) is 232 Å². The number of nitrogens with zero attached hydrogens (tertiary/aromatic N) is 7. The average Bonchev–Trinajstić information content (AvgIpc) is 0.991. The van der Waals surface area contributed by atoms with Gasteiger partial charge in [-0.1, -0.05) is 62.1 Å². The second-order valence-electron chi connectivity index (χ2n) is 25.9. The van der Waals surface area contributed by atoms with Crippen molar-refractivity contribution in [3.05, 3.63) is 94.0 Å². The number of hydrogen-bond acceptors (Lipinski definition) is 12. The van der Waals surface area contributed by atoms with Crippen LogP contribution in [0.5, 0.6) is 0 Å². The number of rotatable bonds is 13. The third-order valence-electron chi connectivity index (χ3n) is 19.9. The number of piperidine rings is 3. The van der Waals surface area contributed by atoms with Gasteiger partial charge < -0.3 is 29.1 Å². The zero-order valence-corrected chi connectivity index (χ0v) is 60.2. The van der Waals surface area contributed by atoms with Crippen LogP contribution in [-0.2, 0) is 76.7 Å². The fourth-order valence-corrected chi connectivity index (χ4v) is 17.1. The molecule has 0 radical (unpaired) electrons. The van der Waals surface area contributed by atoms with Crippen molar-refractivity contribution in [2.45, 2.75) is 182 Å². The van der Waals surface area contributed by atoms with Gasteiger partial charge in [0.2, 0.25) is 21.8 Å². The summed E-state index contributed by atoms with van der Waals surface area (Å²) in [5.41, 5.74) is 8.02. The largest absolute Gasteiger partial charge is 0.371 e. The molecule has 1 unspecified atom stereocenters. The molecule has 0 bridgehead atoms. The number of fused-ring (bicyclic) bond motifs is 3. The molecule has 15 nitrogen and oxygen atoms in total. The van der Waals surface area contributed by atoms with Crippen LogP contribution >= 0.6 is 72.7 Å². The Morgan fingerprint density at radius 2 is 0.822 bits per heavy atom. The topological polar surface area (TPSA) is 144 Å². The van der Waals surface area contributed by atoms with Crippen molar-refractivity contribution in [3.8, 4) is 0 Å². The fourth-order valence-electron chi connectivity index (χ4n) is 14.5. The molecule has 5 aliphatic heterocycles. The number of benzene rings is 3. The maximum Gasteiger partial charge on any atom is 0.261 e. The maximum atomic E-state index is 13.6. The molecule has 2 amide bonds. The summed E-state index contributed by atoms with van der Waals surface area (Å²) < 4.78 is 62.6. The molecule has 512 valence electrons. The van der Waals surface area contributed by atoms with Crippen molar-refractivity contribution in [2.24, 2.45) is 5.92 Å². The average molecular weight is 1420 g/mol. The lowest BCUT2D eigenvalue weighted by Crippen LogP contribution is -2.54. The van der Waals surface area contributed by atoms with E-state index in [9.17, 15) is 26.4 Å². The molecule has 5 heterocycles. The van der Waals surface area contributed by atoms with E-state index >= 15 is 0 Å². The molecule has 3 aromatic carbocycles. The predicted molar refractivity (Wildman–Crippen MR) is 376 cm³/mol. The summed E-state index contributed by atoms with van der Waals surface area (Å²) >= 11 is 0. The standard InChI is InChI=1S/C28H44N4O4S.C19H35N3O2.C10H11ClO2S.C10H12.5ClH/c1-29-14-11-25(12-15-29)30-16-18-31(19-17-30)28(33)22-36-21-26-8-4-5-13-32(26)37(34,35)27-10-9-23-6-2-3-7-24(23)20-27;1-20-9-7-18(8-10-20)21-11-13-22(14-12-21)19(23)16-24-15-17-5-3-2-4-6-17;11-14(12,13)10-6-5-8-3-1-2-4-9(8)7-10;1-2-6-10-8-4-3-7-9(10)5-1;;;;;/h9-10,20,25-26H,2-8,11-19,21-22H2,1H3;17-18H,2-16H2,1H3;5-7H,1-4H2;1-2,5-6H,3-4,7-8H2;5*1H. The lowest BCUT2D eigenvalue weighted by atomic mass is 9.90. The van der Waals surface area contributed by atoms with E-state index in [0.29, 0.717) is 23.4 Å². The van der Waals surface area contributed by atoms with E-state index < -0.39 is 19.1 Å². The highest BCUT2D eigenvalue weighted by Crippen LogP contribution is 2.31. The Labute approximate surface area is 576 Å². The number of carbonyl (C=O) groups excluding carboxylic acids is 2. The third kappa shape index (κ3) is 23.9. The number of ether oxygens (including phenoxy) is 2. The molecule has 23 heteroatoms.